The molecule has 3 rings (SSSR count). The Kier molecular flexibility index (Phi) is 7.85. The van der Waals surface area contributed by atoms with Crippen LogP contribution in [0, 0.1) is 0 Å². The predicted molar refractivity (Wildman–Crippen MR) is 115 cm³/mol. The molecule has 170 valence electrons. The minimum Gasteiger partial charge on any atom is -0.298 e. The Morgan fingerprint density at radius 1 is 0.938 bits per heavy atom. The van der Waals surface area contributed by atoms with E-state index in [0.717, 1.165) is 24.7 Å². The molecule has 2 aromatic heterocycles. The SMILES string of the molecule is CC(F)C(=O)Nc1nnc(CCCCc2nnc(NC(=O)C(F)(F)c3ccccc3)s2)s1. The molecule has 0 radical (unpaired) electrons. The lowest BCUT2D eigenvalue weighted by Crippen LogP contribution is -2.32. The highest BCUT2D eigenvalue weighted by Crippen LogP contribution is 2.30. The van der Waals surface area contributed by atoms with Crippen molar-refractivity contribution in [3.8, 4) is 0 Å². The molecule has 2 N–H and O–H groups in total. The molecule has 0 aliphatic heterocycles. The lowest BCUT2D eigenvalue weighted by molar-refractivity contribution is -0.140. The Bertz CT molecular complexity index is 1060. The van der Waals surface area contributed by atoms with Crippen LogP contribution in [0.3, 0.4) is 0 Å². The third kappa shape index (κ3) is 6.29. The van der Waals surface area contributed by atoms with Crippen LogP contribution in [0.1, 0.15) is 35.3 Å². The number of halogens is 3. The normalized spacial score (nSPS) is 12.4. The Morgan fingerprint density at radius 2 is 1.47 bits per heavy atom. The van der Waals surface area contributed by atoms with E-state index in [1.54, 1.807) is 6.07 Å². The molecule has 13 heteroatoms. The molecule has 1 atom stereocenters. The van der Waals surface area contributed by atoms with Crippen molar-refractivity contribution in [2.75, 3.05) is 10.6 Å². The first-order valence-electron chi connectivity index (χ1n) is 9.60. The molecule has 0 saturated carbocycles. The lowest BCUT2D eigenvalue weighted by Gasteiger charge is -2.14. The third-order valence-electron chi connectivity index (χ3n) is 4.20. The van der Waals surface area contributed by atoms with Crippen LogP contribution in [0.4, 0.5) is 23.4 Å². The molecule has 8 nitrogen and oxygen atoms in total. The van der Waals surface area contributed by atoms with Gasteiger partial charge in [0.2, 0.25) is 10.3 Å². The van der Waals surface area contributed by atoms with Crippen molar-refractivity contribution in [2.45, 2.75) is 44.7 Å². The van der Waals surface area contributed by atoms with E-state index in [-0.39, 0.29) is 10.3 Å². The molecule has 3 aromatic rings. The second kappa shape index (κ2) is 10.6. The van der Waals surface area contributed by atoms with Crippen molar-refractivity contribution in [3.63, 3.8) is 0 Å². The number of anilines is 2. The molecule has 2 amide bonds. The van der Waals surface area contributed by atoms with E-state index < -0.39 is 29.5 Å². The monoisotopic (exact) mass is 484 g/mol. The second-order valence-corrected chi connectivity index (χ2v) is 8.83. The largest absolute Gasteiger partial charge is 0.350 e. The number of unbranched alkanes of at least 4 members (excludes halogenated alkanes) is 1. The summed E-state index contributed by atoms with van der Waals surface area (Å²) in [6.45, 7) is 1.14. The number of alkyl halides is 3. The summed E-state index contributed by atoms with van der Waals surface area (Å²) in [7, 11) is 0. The highest BCUT2D eigenvalue weighted by molar-refractivity contribution is 7.15. The van der Waals surface area contributed by atoms with E-state index in [2.05, 4.69) is 31.0 Å². The number of hydrogen-bond acceptors (Lipinski definition) is 8. The van der Waals surface area contributed by atoms with Gasteiger partial charge in [-0.3, -0.25) is 20.2 Å². The van der Waals surface area contributed by atoms with Crippen molar-refractivity contribution in [1.29, 1.82) is 0 Å². The molecule has 0 fully saturated rings. The Morgan fingerprint density at radius 3 is 2.00 bits per heavy atom. The van der Waals surface area contributed by atoms with Gasteiger partial charge in [0.25, 0.3) is 5.91 Å². The molecule has 32 heavy (non-hydrogen) atoms. The number of benzene rings is 1. The highest BCUT2D eigenvalue weighted by atomic mass is 32.1. The summed E-state index contributed by atoms with van der Waals surface area (Å²) in [5.74, 6) is -5.92. The minimum absolute atomic E-state index is 0.00667. The predicted octanol–water partition coefficient (Wildman–Crippen LogP) is 3.98. The summed E-state index contributed by atoms with van der Waals surface area (Å²) in [4.78, 5) is 23.3. The quantitative estimate of drug-likeness (QED) is 0.421. The zero-order valence-electron chi connectivity index (χ0n) is 16.8. The summed E-state index contributed by atoms with van der Waals surface area (Å²) in [5, 5.41) is 21.4. The molecule has 0 bridgehead atoms. The number of carbonyl (C=O) groups is 2. The average molecular weight is 485 g/mol. The summed E-state index contributed by atoms with van der Waals surface area (Å²) in [6, 6.07) is 6.82. The fourth-order valence-corrected chi connectivity index (χ4v) is 4.08. The van der Waals surface area contributed by atoms with Gasteiger partial charge < -0.3 is 0 Å². The zero-order chi connectivity index (χ0) is 23.1. The van der Waals surface area contributed by atoms with E-state index in [4.69, 9.17) is 0 Å². The van der Waals surface area contributed by atoms with Crippen molar-refractivity contribution in [3.05, 3.63) is 45.9 Å². The summed E-state index contributed by atoms with van der Waals surface area (Å²) in [5.41, 5.74) is -0.402. The summed E-state index contributed by atoms with van der Waals surface area (Å²) in [6.07, 6.45) is 0.962. The first-order valence-corrected chi connectivity index (χ1v) is 11.2. The van der Waals surface area contributed by atoms with E-state index in [9.17, 15) is 22.8 Å². The topological polar surface area (TPSA) is 110 Å². The van der Waals surface area contributed by atoms with Crippen LogP contribution in [0.25, 0.3) is 0 Å². The van der Waals surface area contributed by atoms with Crippen molar-refractivity contribution >= 4 is 44.8 Å². The van der Waals surface area contributed by atoms with Gasteiger partial charge in [0.1, 0.15) is 10.0 Å². The summed E-state index contributed by atoms with van der Waals surface area (Å²) >= 11 is 2.21. The first kappa shape index (κ1) is 23.7. The van der Waals surface area contributed by atoms with Gasteiger partial charge in [-0.25, -0.2) is 4.39 Å². The van der Waals surface area contributed by atoms with Crippen LogP contribution >= 0.6 is 22.7 Å². The van der Waals surface area contributed by atoms with Crippen LogP contribution in [-0.4, -0.2) is 38.4 Å². The van der Waals surface area contributed by atoms with Gasteiger partial charge in [0.15, 0.2) is 6.17 Å². The van der Waals surface area contributed by atoms with Crippen LogP contribution in [0.15, 0.2) is 30.3 Å². The maximum absolute atomic E-state index is 14.3. The zero-order valence-corrected chi connectivity index (χ0v) is 18.5. The van der Waals surface area contributed by atoms with Crippen LogP contribution in [0.5, 0.6) is 0 Å². The molecular formula is C19H19F3N6O2S2. The van der Waals surface area contributed by atoms with Gasteiger partial charge in [0, 0.05) is 18.4 Å². The Hall–Kier alpha value is -2.93. The van der Waals surface area contributed by atoms with E-state index in [1.807, 2.05) is 0 Å². The van der Waals surface area contributed by atoms with Crippen LogP contribution in [-0.2, 0) is 28.4 Å². The Balaban J connectivity index is 1.43. The fraction of sp³-hybridized carbons (Fsp3) is 0.368. The molecule has 0 saturated heterocycles. The van der Waals surface area contributed by atoms with Gasteiger partial charge in [-0.1, -0.05) is 53.0 Å². The lowest BCUT2D eigenvalue weighted by atomic mass is 10.1. The number of carbonyl (C=O) groups excluding carboxylic acids is 2. The van der Waals surface area contributed by atoms with Crippen LogP contribution in [0.2, 0.25) is 0 Å². The van der Waals surface area contributed by atoms with Gasteiger partial charge in [-0.15, -0.1) is 20.4 Å². The van der Waals surface area contributed by atoms with E-state index >= 15 is 0 Å². The maximum atomic E-state index is 14.3. The minimum atomic E-state index is -3.69. The van der Waals surface area contributed by atoms with Gasteiger partial charge in [0.05, 0.1) is 0 Å². The number of rotatable bonds is 10. The molecule has 2 heterocycles. The number of aromatic nitrogens is 4. The maximum Gasteiger partial charge on any atom is 0.350 e. The summed E-state index contributed by atoms with van der Waals surface area (Å²) < 4.78 is 41.4. The number of nitrogens with zero attached hydrogens (tertiary/aromatic N) is 4. The smallest absolute Gasteiger partial charge is 0.298 e. The average Bonchev–Trinajstić information content (AvgIpc) is 3.41. The van der Waals surface area contributed by atoms with Crippen molar-refractivity contribution in [2.24, 2.45) is 0 Å². The molecule has 1 unspecified atom stereocenters. The fourth-order valence-electron chi connectivity index (χ4n) is 2.52. The standard InChI is InChI=1S/C19H19F3N6O2S2/c1-11(20)15(29)23-17-27-25-13(31-17)9-5-6-10-14-26-28-18(32-14)24-16(30)19(21,22)12-7-3-2-4-8-12/h2-4,7-8,11H,5-6,9-10H2,1H3,(H,23,27,29)(H,24,28,30). The van der Waals surface area contributed by atoms with Gasteiger partial charge >= 0.3 is 11.8 Å². The van der Waals surface area contributed by atoms with Crippen molar-refractivity contribution < 1.29 is 22.8 Å². The number of amides is 2. The van der Waals surface area contributed by atoms with Crippen molar-refractivity contribution in [1.82, 2.24) is 20.4 Å². The first-order chi connectivity index (χ1) is 15.3. The molecule has 0 aliphatic rings. The molecule has 1 aromatic carbocycles. The highest BCUT2D eigenvalue weighted by Gasteiger charge is 2.41. The van der Waals surface area contributed by atoms with Gasteiger partial charge in [-0.05, 0) is 19.8 Å². The second-order valence-electron chi connectivity index (χ2n) is 6.71. The molecular weight excluding hydrogens is 465 g/mol. The van der Waals surface area contributed by atoms with Crippen LogP contribution < -0.4 is 10.6 Å². The van der Waals surface area contributed by atoms with E-state index in [1.165, 1.54) is 35.6 Å². The number of hydrogen-bond donors (Lipinski definition) is 2. The molecule has 0 aliphatic carbocycles. The van der Waals surface area contributed by atoms with Gasteiger partial charge in [-0.2, -0.15) is 8.78 Å². The third-order valence-corrected chi connectivity index (χ3v) is 6.00. The Labute approximate surface area is 189 Å². The number of nitrogens with one attached hydrogen (secondary N) is 2. The van der Waals surface area contributed by atoms with E-state index in [0.29, 0.717) is 29.3 Å². The molecule has 0 spiro atoms. The number of aryl methyl sites for hydroxylation is 2.